The molecule has 6 nitrogen and oxygen atoms in total. The Morgan fingerprint density at radius 3 is 2.48 bits per heavy atom. The lowest BCUT2D eigenvalue weighted by Crippen LogP contribution is -2.43. The lowest BCUT2D eigenvalue weighted by atomic mass is 9.94. The molecular formula is C15H26O6. The topological polar surface area (TPSA) is 74.2 Å². The van der Waals surface area contributed by atoms with Crippen LogP contribution in [0.2, 0.25) is 0 Å². The summed E-state index contributed by atoms with van der Waals surface area (Å²) in [4.78, 5) is 11.3. The van der Waals surface area contributed by atoms with Crippen molar-refractivity contribution in [2.45, 2.75) is 64.3 Å². The van der Waals surface area contributed by atoms with E-state index in [4.69, 9.17) is 14.2 Å². The zero-order valence-electron chi connectivity index (χ0n) is 13.6. The summed E-state index contributed by atoms with van der Waals surface area (Å²) in [7, 11) is 1.22. The summed E-state index contributed by atoms with van der Waals surface area (Å²) in [6, 6.07) is 0. The first kappa shape index (κ1) is 18.1. The zero-order valence-corrected chi connectivity index (χ0v) is 13.6. The van der Waals surface area contributed by atoms with Crippen LogP contribution in [0.1, 0.15) is 34.6 Å². The van der Waals surface area contributed by atoms with E-state index in [-0.39, 0.29) is 6.10 Å². The van der Waals surface area contributed by atoms with Crippen molar-refractivity contribution >= 4 is 5.97 Å². The molecule has 1 unspecified atom stereocenters. The summed E-state index contributed by atoms with van der Waals surface area (Å²) in [5, 5.41) is 9.79. The molecule has 0 aliphatic carbocycles. The van der Waals surface area contributed by atoms with Crippen LogP contribution in [0.4, 0.5) is 0 Å². The van der Waals surface area contributed by atoms with Gasteiger partial charge in [0, 0.05) is 0 Å². The SMILES string of the molecule is C=C([C@H]1COC(C)(C)O1)C(C)(C)OC(C)[C@@H](O)C(=O)OC. The molecule has 0 radical (unpaired) electrons. The number of rotatable bonds is 6. The highest BCUT2D eigenvalue weighted by molar-refractivity contribution is 5.74. The third-order valence-electron chi connectivity index (χ3n) is 3.54. The number of esters is 1. The van der Waals surface area contributed by atoms with Crippen LogP contribution in [0.3, 0.4) is 0 Å². The molecule has 0 saturated carbocycles. The lowest BCUT2D eigenvalue weighted by molar-refractivity contribution is -0.166. The summed E-state index contributed by atoms with van der Waals surface area (Å²) < 4.78 is 21.5. The lowest BCUT2D eigenvalue weighted by Gasteiger charge is -2.34. The third kappa shape index (κ3) is 4.51. The molecule has 3 atom stereocenters. The highest BCUT2D eigenvalue weighted by Crippen LogP contribution is 2.33. The molecular weight excluding hydrogens is 276 g/mol. The van der Waals surface area contributed by atoms with Crippen LogP contribution in [0.25, 0.3) is 0 Å². The molecule has 1 heterocycles. The van der Waals surface area contributed by atoms with Gasteiger partial charge in [0.05, 0.1) is 25.4 Å². The average Bonchev–Trinajstić information content (AvgIpc) is 2.75. The molecule has 6 heteroatoms. The van der Waals surface area contributed by atoms with E-state index in [1.54, 1.807) is 6.92 Å². The number of carbonyl (C=O) groups excluding carboxylic acids is 1. The van der Waals surface area contributed by atoms with E-state index in [2.05, 4.69) is 11.3 Å². The number of ether oxygens (including phenoxy) is 4. The van der Waals surface area contributed by atoms with Gasteiger partial charge in [0.25, 0.3) is 0 Å². The minimum atomic E-state index is -1.35. The number of methoxy groups -OCH3 is 1. The molecule has 1 saturated heterocycles. The Kier molecular flexibility index (Phi) is 5.55. The van der Waals surface area contributed by atoms with E-state index >= 15 is 0 Å². The van der Waals surface area contributed by atoms with Gasteiger partial charge in [-0.15, -0.1) is 0 Å². The van der Waals surface area contributed by atoms with Crippen molar-refractivity contribution in [1.82, 2.24) is 0 Å². The predicted molar refractivity (Wildman–Crippen MR) is 76.7 cm³/mol. The number of carbonyl (C=O) groups is 1. The predicted octanol–water partition coefficient (Wildman–Crippen LogP) is 1.41. The Labute approximate surface area is 126 Å². The maximum atomic E-state index is 11.3. The van der Waals surface area contributed by atoms with Gasteiger partial charge >= 0.3 is 5.97 Å². The van der Waals surface area contributed by atoms with Gasteiger partial charge in [-0.1, -0.05) is 6.58 Å². The molecule has 0 spiro atoms. The minimum absolute atomic E-state index is 0.294. The first-order valence-corrected chi connectivity index (χ1v) is 6.95. The third-order valence-corrected chi connectivity index (χ3v) is 3.54. The maximum Gasteiger partial charge on any atom is 0.337 e. The largest absolute Gasteiger partial charge is 0.467 e. The second-order valence-electron chi connectivity index (χ2n) is 6.14. The first-order valence-electron chi connectivity index (χ1n) is 6.95. The van der Waals surface area contributed by atoms with Gasteiger partial charge in [0.15, 0.2) is 11.9 Å². The fourth-order valence-corrected chi connectivity index (χ4v) is 2.16. The van der Waals surface area contributed by atoms with E-state index < -0.39 is 29.6 Å². The van der Waals surface area contributed by atoms with Crippen LogP contribution in [0.15, 0.2) is 12.2 Å². The van der Waals surface area contributed by atoms with E-state index in [1.165, 1.54) is 7.11 Å². The highest BCUT2D eigenvalue weighted by Gasteiger charge is 2.40. The zero-order chi connectivity index (χ0) is 16.4. The van der Waals surface area contributed by atoms with Gasteiger partial charge in [0.1, 0.15) is 6.10 Å². The van der Waals surface area contributed by atoms with Crippen LogP contribution >= 0.6 is 0 Å². The first-order chi connectivity index (χ1) is 9.50. The van der Waals surface area contributed by atoms with Gasteiger partial charge in [-0.05, 0) is 40.2 Å². The Morgan fingerprint density at radius 2 is 2.05 bits per heavy atom. The number of aliphatic hydroxyl groups is 1. The Balaban J connectivity index is 2.68. The van der Waals surface area contributed by atoms with Crippen molar-refractivity contribution in [2.75, 3.05) is 13.7 Å². The van der Waals surface area contributed by atoms with Crippen molar-refractivity contribution in [2.24, 2.45) is 0 Å². The summed E-state index contributed by atoms with van der Waals surface area (Å²) in [5.41, 5.74) is -0.0972. The monoisotopic (exact) mass is 302 g/mol. The molecule has 1 aliphatic rings. The van der Waals surface area contributed by atoms with E-state index in [0.29, 0.717) is 12.2 Å². The van der Waals surface area contributed by atoms with Crippen LogP contribution < -0.4 is 0 Å². The maximum absolute atomic E-state index is 11.3. The van der Waals surface area contributed by atoms with Gasteiger partial charge < -0.3 is 24.1 Å². The second kappa shape index (κ2) is 6.44. The fourth-order valence-electron chi connectivity index (χ4n) is 2.16. The Bertz CT molecular complexity index is 401. The van der Waals surface area contributed by atoms with Gasteiger partial charge in [-0.3, -0.25) is 0 Å². The van der Waals surface area contributed by atoms with Crippen molar-refractivity contribution in [1.29, 1.82) is 0 Å². The van der Waals surface area contributed by atoms with E-state index in [1.807, 2.05) is 27.7 Å². The molecule has 1 aliphatic heterocycles. The van der Waals surface area contributed by atoms with Crippen molar-refractivity contribution in [3.8, 4) is 0 Å². The Hall–Kier alpha value is -0.950. The molecule has 0 aromatic heterocycles. The summed E-state index contributed by atoms with van der Waals surface area (Å²) in [6.07, 6.45) is -2.38. The van der Waals surface area contributed by atoms with Gasteiger partial charge in [0.2, 0.25) is 0 Å². The molecule has 0 bridgehead atoms. The van der Waals surface area contributed by atoms with E-state index in [9.17, 15) is 9.90 Å². The summed E-state index contributed by atoms with van der Waals surface area (Å²) >= 11 is 0. The minimum Gasteiger partial charge on any atom is -0.467 e. The summed E-state index contributed by atoms with van der Waals surface area (Å²) in [6.45, 7) is 13.3. The molecule has 0 amide bonds. The standard InChI is InChI=1S/C15H26O6/c1-9(11-8-19-15(5,6)21-11)14(3,4)20-10(2)12(16)13(17)18-7/h10-12,16H,1,8H2,2-7H3/t10?,11-,12-/m1/s1. The second-order valence-corrected chi connectivity index (χ2v) is 6.14. The fraction of sp³-hybridized carbons (Fsp3) is 0.800. The molecule has 0 aromatic rings. The van der Waals surface area contributed by atoms with Crippen molar-refractivity contribution < 1.29 is 28.8 Å². The number of hydrogen-bond acceptors (Lipinski definition) is 6. The quantitative estimate of drug-likeness (QED) is 0.591. The van der Waals surface area contributed by atoms with Crippen LogP contribution in [-0.4, -0.2) is 54.5 Å². The number of hydrogen-bond donors (Lipinski definition) is 1. The van der Waals surface area contributed by atoms with Crippen LogP contribution in [0.5, 0.6) is 0 Å². The molecule has 0 aromatic carbocycles. The van der Waals surface area contributed by atoms with Gasteiger partial charge in [-0.2, -0.15) is 0 Å². The normalized spacial score (nSPS) is 24.4. The van der Waals surface area contributed by atoms with Gasteiger partial charge in [-0.25, -0.2) is 4.79 Å². The number of aliphatic hydroxyl groups excluding tert-OH is 1. The smallest absolute Gasteiger partial charge is 0.337 e. The van der Waals surface area contributed by atoms with Crippen LogP contribution in [-0.2, 0) is 23.7 Å². The Morgan fingerprint density at radius 1 is 1.48 bits per heavy atom. The highest BCUT2D eigenvalue weighted by atomic mass is 16.7. The molecule has 21 heavy (non-hydrogen) atoms. The molecule has 122 valence electrons. The van der Waals surface area contributed by atoms with E-state index in [0.717, 1.165) is 0 Å². The molecule has 1 rings (SSSR count). The average molecular weight is 302 g/mol. The van der Waals surface area contributed by atoms with Crippen LogP contribution in [0, 0.1) is 0 Å². The van der Waals surface area contributed by atoms with Crippen molar-refractivity contribution in [3.63, 3.8) is 0 Å². The molecule has 1 fully saturated rings. The molecule has 1 N–H and O–H groups in total. The summed E-state index contributed by atoms with van der Waals surface area (Å²) in [5.74, 6) is -1.38. The van der Waals surface area contributed by atoms with Crippen molar-refractivity contribution in [3.05, 3.63) is 12.2 Å².